The Kier molecular flexibility index (Phi) is 3.83. The van der Waals surface area contributed by atoms with E-state index in [1.165, 1.54) is 0 Å². The minimum atomic E-state index is 0.263. The molecule has 1 unspecified atom stereocenters. The van der Waals surface area contributed by atoms with Crippen LogP contribution in [0.4, 0.5) is 5.69 Å². The third-order valence-corrected chi connectivity index (χ3v) is 5.29. The quantitative estimate of drug-likeness (QED) is 0.839. The van der Waals surface area contributed by atoms with Crippen LogP contribution in [-0.2, 0) is 0 Å². The number of anilines is 1. The number of nitrogens with zero attached hydrogens (tertiary/aromatic N) is 4. The highest BCUT2D eigenvalue weighted by Crippen LogP contribution is 2.40. The van der Waals surface area contributed by atoms with Crippen molar-refractivity contribution in [2.75, 3.05) is 11.4 Å². The van der Waals surface area contributed by atoms with Crippen molar-refractivity contribution >= 4 is 28.6 Å². The molecule has 0 bridgehead atoms. The van der Waals surface area contributed by atoms with Crippen LogP contribution >= 0.6 is 22.9 Å². The molecule has 0 N–H and O–H groups in total. The Morgan fingerprint density at radius 3 is 2.86 bits per heavy atom. The van der Waals surface area contributed by atoms with Crippen LogP contribution in [0.2, 0.25) is 5.02 Å². The van der Waals surface area contributed by atoms with Crippen LogP contribution in [-0.4, -0.2) is 16.7 Å². The molecule has 21 heavy (non-hydrogen) atoms. The number of aromatic nitrogens is 2. The van der Waals surface area contributed by atoms with Crippen molar-refractivity contribution in [3.05, 3.63) is 38.3 Å². The Morgan fingerprint density at radius 1 is 1.38 bits per heavy atom. The maximum atomic E-state index is 9.07. The first-order valence-electron chi connectivity index (χ1n) is 6.87. The summed E-state index contributed by atoms with van der Waals surface area (Å²) in [4.78, 5) is 2.34. The zero-order valence-corrected chi connectivity index (χ0v) is 13.5. The van der Waals surface area contributed by atoms with Crippen LogP contribution in [0.15, 0.2) is 12.1 Å². The van der Waals surface area contributed by atoms with E-state index in [0.717, 1.165) is 40.7 Å². The predicted octanol–water partition coefficient (Wildman–Crippen LogP) is 4.02. The third-order valence-electron chi connectivity index (χ3n) is 3.87. The summed E-state index contributed by atoms with van der Waals surface area (Å²) in [6.07, 6.45) is 2.20. The average Bonchev–Trinajstić information content (AvgIpc) is 3.10. The fraction of sp³-hybridized carbons (Fsp3) is 0.400. The van der Waals surface area contributed by atoms with Crippen LogP contribution in [0.25, 0.3) is 0 Å². The second-order valence-electron chi connectivity index (χ2n) is 5.19. The molecule has 0 aliphatic carbocycles. The number of hydrogen-bond donors (Lipinski definition) is 0. The van der Waals surface area contributed by atoms with Gasteiger partial charge < -0.3 is 4.90 Å². The second kappa shape index (κ2) is 5.63. The van der Waals surface area contributed by atoms with E-state index in [4.69, 9.17) is 16.9 Å². The van der Waals surface area contributed by atoms with E-state index in [2.05, 4.69) is 21.2 Å². The maximum absolute atomic E-state index is 9.07. The van der Waals surface area contributed by atoms with E-state index < -0.39 is 0 Å². The Bertz CT molecular complexity index is 719. The molecule has 1 fully saturated rings. The largest absolute Gasteiger partial charge is 0.362 e. The smallest absolute Gasteiger partial charge is 0.140 e. The molecule has 2 heterocycles. The molecule has 1 aromatic heterocycles. The Balaban J connectivity index is 2.00. The lowest BCUT2D eigenvalue weighted by Crippen LogP contribution is -2.23. The lowest BCUT2D eigenvalue weighted by Gasteiger charge is -2.27. The molecule has 1 aliphatic heterocycles. The van der Waals surface area contributed by atoms with E-state index in [0.29, 0.717) is 10.6 Å². The van der Waals surface area contributed by atoms with Gasteiger partial charge in [-0.3, -0.25) is 0 Å². The number of rotatable bonds is 2. The van der Waals surface area contributed by atoms with Crippen molar-refractivity contribution < 1.29 is 0 Å². The molecule has 1 aliphatic rings. The summed E-state index contributed by atoms with van der Waals surface area (Å²) < 4.78 is 0. The highest BCUT2D eigenvalue weighted by molar-refractivity contribution is 7.11. The molecule has 1 atom stereocenters. The van der Waals surface area contributed by atoms with Crippen molar-refractivity contribution in [3.63, 3.8) is 0 Å². The molecule has 0 spiro atoms. The van der Waals surface area contributed by atoms with Crippen LogP contribution in [0.3, 0.4) is 0 Å². The van der Waals surface area contributed by atoms with Gasteiger partial charge in [0.2, 0.25) is 0 Å². The SMILES string of the molecule is Cc1nnc(C2CCCN2c2ccc(C#N)c(Cl)c2C)s1. The number of benzene rings is 1. The predicted molar refractivity (Wildman–Crippen MR) is 84.9 cm³/mol. The molecule has 0 radical (unpaired) electrons. The van der Waals surface area contributed by atoms with Gasteiger partial charge in [-0.25, -0.2) is 0 Å². The van der Waals surface area contributed by atoms with Crippen LogP contribution < -0.4 is 4.90 Å². The van der Waals surface area contributed by atoms with Gasteiger partial charge in [-0.15, -0.1) is 10.2 Å². The highest BCUT2D eigenvalue weighted by atomic mass is 35.5. The molecule has 6 heteroatoms. The van der Waals surface area contributed by atoms with E-state index in [-0.39, 0.29) is 6.04 Å². The lowest BCUT2D eigenvalue weighted by atomic mass is 10.1. The van der Waals surface area contributed by atoms with Gasteiger partial charge in [0, 0.05) is 12.2 Å². The van der Waals surface area contributed by atoms with E-state index in [9.17, 15) is 0 Å². The van der Waals surface area contributed by atoms with E-state index in [1.807, 2.05) is 19.9 Å². The van der Waals surface area contributed by atoms with Gasteiger partial charge in [0.25, 0.3) is 0 Å². The zero-order valence-electron chi connectivity index (χ0n) is 11.9. The van der Waals surface area contributed by atoms with Gasteiger partial charge in [0.05, 0.1) is 16.6 Å². The molecular weight excluding hydrogens is 304 g/mol. The van der Waals surface area contributed by atoms with Crippen molar-refractivity contribution in [2.24, 2.45) is 0 Å². The van der Waals surface area contributed by atoms with Gasteiger partial charge in [-0.1, -0.05) is 22.9 Å². The minimum Gasteiger partial charge on any atom is -0.362 e. The van der Waals surface area contributed by atoms with Crippen molar-refractivity contribution in [3.8, 4) is 6.07 Å². The zero-order chi connectivity index (χ0) is 15.0. The first kappa shape index (κ1) is 14.3. The van der Waals surface area contributed by atoms with Gasteiger partial charge in [-0.2, -0.15) is 5.26 Å². The number of nitriles is 1. The average molecular weight is 319 g/mol. The molecule has 1 saturated heterocycles. The maximum Gasteiger partial charge on any atom is 0.140 e. The fourth-order valence-electron chi connectivity index (χ4n) is 2.83. The Labute approximate surface area is 133 Å². The van der Waals surface area contributed by atoms with Gasteiger partial charge in [0.15, 0.2) is 0 Å². The van der Waals surface area contributed by atoms with Crippen molar-refractivity contribution in [2.45, 2.75) is 32.7 Å². The minimum absolute atomic E-state index is 0.263. The summed E-state index contributed by atoms with van der Waals surface area (Å²) in [6, 6.07) is 6.18. The van der Waals surface area contributed by atoms with Gasteiger partial charge in [0.1, 0.15) is 16.1 Å². The first-order chi connectivity index (χ1) is 10.1. The molecule has 1 aromatic carbocycles. The monoisotopic (exact) mass is 318 g/mol. The summed E-state index contributed by atoms with van der Waals surface area (Å²) in [6.45, 7) is 4.93. The molecule has 2 aromatic rings. The summed E-state index contributed by atoms with van der Waals surface area (Å²) in [5, 5.41) is 20.1. The summed E-state index contributed by atoms with van der Waals surface area (Å²) in [5.74, 6) is 0. The van der Waals surface area contributed by atoms with Crippen LogP contribution in [0.5, 0.6) is 0 Å². The van der Waals surface area contributed by atoms with Crippen molar-refractivity contribution in [1.29, 1.82) is 5.26 Å². The highest BCUT2D eigenvalue weighted by Gasteiger charge is 2.30. The molecule has 4 nitrogen and oxygen atoms in total. The van der Waals surface area contributed by atoms with Crippen LogP contribution in [0.1, 0.15) is 40.0 Å². The number of hydrogen-bond acceptors (Lipinski definition) is 5. The standard InChI is InChI=1S/C15H15ClN4S/c1-9-12(6-5-11(8-17)14(9)16)20-7-3-4-13(20)15-19-18-10(2)21-15/h5-6,13H,3-4,7H2,1-2H3. The molecular formula is C15H15ClN4S. The molecule has 0 saturated carbocycles. The fourth-order valence-corrected chi connectivity index (χ4v) is 3.88. The Hall–Kier alpha value is -1.64. The van der Waals surface area contributed by atoms with Crippen LogP contribution in [0, 0.1) is 25.2 Å². The second-order valence-corrected chi connectivity index (χ2v) is 6.78. The topological polar surface area (TPSA) is 52.8 Å². The van der Waals surface area contributed by atoms with Gasteiger partial charge in [-0.05, 0) is 44.4 Å². The Morgan fingerprint density at radius 2 is 2.19 bits per heavy atom. The molecule has 108 valence electrons. The van der Waals surface area contributed by atoms with E-state index >= 15 is 0 Å². The molecule has 0 amide bonds. The van der Waals surface area contributed by atoms with Crippen molar-refractivity contribution in [1.82, 2.24) is 10.2 Å². The number of halogens is 1. The molecule has 3 rings (SSSR count). The third kappa shape index (κ3) is 2.50. The summed E-state index contributed by atoms with van der Waals surface area (Å²) in [7, 11) is 0. The number of aryl methyl sites for hydroxylation is 1. The van der Waals surface area contributed by atoms with Gasteiger partial charge >= 0.3 is 0 Å². The summed E-state index contributed by atoms with van der Waals surface area (Å²) in [5.41, 5.74) is 2.58. The lowest BCUT2D eigenvalue weighted by molar-refractivity contribution is 0.699. The first-order valence-corrected chi connectivity index (χ1v) is 8.07. The normalized spacial score (nSPS) is 18.0. The summed E-state index contributed by atoms with van der Waals surface area (Å²) >= 11 is 7.95. The van der Waals surface area contributed by atoms with E-state index in [1.54, 1.807) is 17.4 Å².